The van der Waals surface area contributed by atoms with Crippen molar-refractivity contribution in [3.05, 3.63) is 86.9 Å². The molecule has 2 heterocycles. The summed E-state index contributed by atoms with van der Waals surface area (Å²) in [6, 6.07) is 13.2. The second-order valence-electron chi connectivity index (χ2n) is 6.90. The highest BCUT2D eigenvalue weighted by molar-refractivity contribution is 5.75. The molecule has 0 N–H and O–H groups in total. The van der Waals surface area contributed by atoms with Crippen molar-refractivity contribution in [2.75, 3.05) is 6.61 Å². The summed E-state index contributed by atoms with van der Waals surface area (Å²) in [6.07, 6.45) is 1.44. The van der Waals surface area contributed by atoms with Crippen LogP contribution in [0.25, 0.3) is 22.4 Å². The topological polar surface area (TPSA) is 79.0 Å². The average Bonchev–Trinajstić information content (AvgIpc) is 2.76. The summed E-state index contributed by atoms with van der Waals surface area (Å²) in [5.41, 5.74) is 1.20. The van der Waals surface area contributed by atoms with Gasteiger partial charge in [-0.05, 0) is 31.2 Å². The molecule has 2 aromatic carbocycles. The molecule has 2 aromatic heterocycles. The van der Waals surface area contributed by atoms with Gasteiger partial charge in [-0.25, -0.2) is 19.2 Å². The van der Waals surface area contributed by atoms with Crippen molar-refractivity contribution in [3.8, 4) is 17.1 Å². The Labute approximate surface area is 171 Å². The van der Waals surface area contributed by atoms with E-state index in [2.05, 4.69) is 9.97 Å². The summed E-state index contributed by atoms with van der Waals surface area (Å²) in [5.74, 6) is 0.523. The van der Waals surface area contributed by atoms with Crippen molar-refractivity contribution >= 4 is 11.0 Å². The molecule has 0 aliphatic heterocycles. The zero-order valence-electron chi connectivity index (χ0n) is 16.5. The summed E-state index contributed by atoms with van der Waals surface area (Å²) >= 11 is 0. The van der Waals surface area contributed by atoms with Crippen molar-refractivity contribution in [2.45, 2.75) is 13.5 Å². The second kappa shape index (κ2) is 7.90. The first-order valence-corrected chi connectivity index (χ1v) is 9.36. The number of aromatic nitrogens is 4. The van der Waals surface area contributed by atoms with Gasteiger partial charge in [0.05, 0.1) is 6.54 Å². The number of hydrogen-bond donors (Lipinski definition) is 0. The molecule has 0 saturated heterocycles. The smallest absolute Gasteiger partial charge is 0.332 e. The molecular formula is C22H19FN4O3. The Morgan fingerprint density at radius 2 is 1.73 bits per heavy atom. The molecule has 30 heavy (non-hydrogen) atoms. The van der Waals surface area contributed by atoms with Crippen LogP contribution in [-0.4, -0.2) is 25.7 Å². The van der Waals surface area contributed by atoms with Gasteiger partial charge in [0.15, 0.2) is 11.5 Å². The number of fused-ring (bicyclic) bond motifs is 1. The fourth-order valence-electron chi connectivity index (χ4n) is 3.11. The molecule has 152 valence electrons. The molecule has 0 saturated carbocycles. The lowest BCUT2D eigenvalue weighted by molar-refractivity contribution is 0.292. The molecule has 0 amide bonds. The van der Waals surface area contributed by atoms with Crippen molar-refractivity contribution in [2.24, 2.45) is 7.05 Å². The van der Waals surface area contributed by atoms with E-state index in [0.29, 0.717) is 11.6 Å². The van der Waals surface area contributed by atoms with Crippen LogP contribution in [0.1, 0.15) is 5.56 Å². The summed E-state index contributed by atoms with van der Waals surface area (Å²) in [5, 5.41) is 0.245. The normalized spacial score (nSPS) is 11.0. The third kappa shape index (κ3) is 3.71. The van der Waals surface area contributed by atoms with Gasteiger partial charge in [0.25, 0.3) is 5.56 Å². The van der Waals surface area contributed by atoms with Gasteiger partial charge >= 0.3 is 5.69 Å². The second-order valence-corrected chi connectivity index (χ2v) is 6.90. The van der Waals surface area contributed by atoms with Gasteiger partial charge in [0.2, 0.25) is 0 Å². The lowest BCUT2D eigenvalue weighted by Crippen LogP contribution is -2.40. The van der Waals surface area contributed by atoms with Gasteiger partial charge in [-0.15, -0.1) is 0 Å². The van der Waals surface area contributed by atoms with Crippen molar-refractivity contribution in [3.63, 3.8) is 0 Å². The number of hydrogen-bond acceptors (Lipinski definition) is 5. The maximum atomic E-state index is 13.0. The minimum atomic E-state index is -0.497. The first kappa shape index (κ1) is 19.5. The molecule has 0 aliphatic rings. The van der Waals surface area contributed by atoms with Crippen molar-refractivity contribution < 1.29 is 9.13 Å². The molecule has 0 aliphatic carbocycles. The van der Waals surface area contributed by atoms with Gasteiger partial charge in [0, 0.05) is 18.8 Å². The standard InChI is InChI=1S/C22H19FN4O3/c1-14-3-5-15(6-4-14)19-24-13-18-20(25-19)26(2)22(29)27(21(18)28)11-12-30-17-9-7-16(23)8-10-17/h3-10,13H,11-12H2,1-2H3. The lowest BCUT2D eigenvalue weighted by Gasteiger charge is -2.11. The summed E-state index contributed by atoms with van der Waals surface area (Å²) < 4.78 is 20.9. The molecule has 0 spiro atoms. The number of halogens is 1. The molecule has 7 nitrogen and oxygen atoms in total. The van der Waals surface area contributed by atoms with Gasteiger partial charge in [-0.1, -0.05) is 29.8 Å². The van der Waals surface area contributed by atoms with E-state index >= 15 is 0 Å². The van der Waals surface area contributed by atoms with Crippen LogP contribution in [0.15, 0.2) is 64.3 Å². The summed E-state index contributed by atoms with van der Waals surface area (Å²) in [4.78, 5) is 34.3. The highest BCUT2D eigenvalue weighted by atomic mass is 19.1. The van der Waals surface area contributed by atoms with Crippen molar-refractivity contribution in [1.82, 2.24) is 19.1 Å². The van der Waals surface area contributed by atoms with E-state index in [1.807, 2.05) is 31.2 Å². The van der Waals surface area contributed by atoms with Gasteiger partial charge < -0.3 is 4.74 Å². The van der Waals surface area contributed by atoms with E-state index in [4.69, 9.17) is 4.74 Å². The average molecular weight is 406 g/mol. The SMILES string of the molecule is Cc1ccc(-c2ncc3c(=O)n(CCOc4ccc(F)cc4)c(=O)n(C)c3n2)cc1. The summed E-state index contributed by atoms with van der Waals surface area (Å²) in [7, 11) is 1.56. The van der Waals surface area contributed by atoms with E-state index in [1.54, 1.807) is 7.05 Å². The molecule has 0 radical (unpaired) electrons. The number of rotatable bonds is 5. The molecule has 4 rings (SSSR count). The highest BCUT2D eigenvalue weighted by Crippen LogP contribution is 2.17. The van der Waals surface area contributed by atoms with Crippen LogP contribution in [0.2, 0.25) is 0 Å². The van der Waals surface area contributed by atoms with E-state index < -0.39 is 11.2 Å². The van der Waals surface area contributed by atoms with Crippen LogP contribution in [0.4, 0.5) is 4.39 Å². The van der Waals surface area contributed by atoms with Crippen LogP contribution < -0.4 is 16.0 Å². The predicted molar refractivity (Wildman–Crippen MR) is 111 cm³/mol. The first-order valence-electron chi connectivity index (χ1n) is 9.36. The summed E-state index contributed by atoms with van der Waals surface area (Å²) in [6.45, 7) is 2.10. The number of ether oxygens (including phenoxy) is 1. The minimum absolute atomic E-state index is 0.0402. The van der Waals surface area contributed by atoms with Gasteiger partial charge in [0.1, 0.15) is 23.6 Å². The van der Waals surface area contributed by atoms with Gasteiger partial charge in [-0.3, -0.25) is 13.9 Å². The monoisotopic (exact) mass is 406 g/mol. The molecule has 0 unspecified atom stereocenters. The first-order chi connectivity index (χ1) is 14.4. The Kier molecular flexibility index (Phi) is 5.14. The maximum Gasteiger partial charge on any atom is 0.332 e. The van der Waals surface area contributed by atoms with Crippen LogP contribution in [0, 0.1) is 12.7 Å². The Morgan fingerprint density at radius 3 is 2.43 bits per heavy atom. The van der Waals surface area contributed by atoms with E-state index in [0.717, 1.165) is 15.7 Å². The molecular weight excluding hydrogens is 387 g/mol. The Balaban J connectivity index is 1.66. The fraction of sp³-hybridized carbons (Fsp3) is 0.182. The number of aryl methyl sites for hydroxylation is 2. The van der Waals surface area contributed by atoms with E-state index in [1.165, 1.54) is 35.0 Å². The molecule has 0 fully saturated rings. The Bertz CT molecular complexity index is 1330. The predicted octanol–water partition coefficient (Wildman–Crippen LogP) is 2.68. The number of benzene rings is 2. The quantitative estimate of drug-likeness (QED) is 0.509. The molecule has 4 aromatic rings. The van der Waals surface area contributed by atoms with Crippen LogP contribution in [0.5, 0.6) is 5.75 Å². The van der Waals surface area contributed by atoms with Crippen LogP contribution in [-0.2, 0) is 13.6 Å². The van der Waals surface area contributed by atoms with Crippen LogP contribution in [0.3, 0.4) is 0 Å². The van der Waals surface area contributed by atoms with Gasteiger partial charge in [-0.2, -0.15) is 0 Å². The molecule has 0 bridgehead atoms. The maximum absolute atomic E-state index is 13.0. The fourth-order valence-corrected chi connectivity index (χ4v) is 3.11. The van der Waals surface area contributed by atoms with Crippen molar-refractivity contribution in [1.29, 1.82) is 0 Å². The third-order valence-electron chi connectivity index (χ3n) is 4.79. The highest BCUT2D eigenvalue weighted by Gasteiger charge is 2.14. The number of nitrogens with zero attached hydrogens (tertiary/aromatic N) is 4. The Hall–Kier alpha value is -3.81. The van der Waals surface area contributed by atoms with Crippen LogP contribution >= 0.6 is 0 Å². The lowest BCUT2D eigenvalue weighted by atomic mass is 10.1. The Morgan fingerprint density at radius 1 is 1.03 bits per heavy atom. The zero-order chi connectivity index (χ0) is 21.3. The molecule has 0 atom stereocenters. The van der Waals surface area contributed by atoms with E-state index in [9.17, 15) is 14.0 Å². The third-order valence-corrected chi connectivity index (χ3v) is 4.79. The minimum Gasteiger partial charge on any atom is -0.492 e. The largest absolute Gasteiger partial charge is 0.492 e. The molecule has 8 heteroatoms. The zero-order valence-corrected chi connectivity index (χ0v) is 16.5. The van der Waals surface area contributed by atoms with E-state index in [-0.39, 0.29) is 30.0 Å².